The van der Waals surface area contributed by atoms with E-state index in [2.05, 4.69) is 24.2 Å². The zero-order valence-corrected chi connectivity index (χ0v) is 11.8. The first-order chi connectivity index (χ1) is 8.68. The maximum Gasteiger partial charge on any atom is 0.0695 e. The molecule has 2 N–H and O–H groups in total. The number of likely N-dealkylation sites (N-methyl/N-ethyl adjacent to an activating group) is 1. The van der Waals surface area contributed by atoms with Crippen LogP contribution in [0, 0.1) is 0 Å². The molecule has 2 aliphatic rings. The van der Waals surface area contributed by atoms with E-state index < -0.39 is 0 Å². The minimum absolute atomic E-state index is 0.137. The van der Waals surface area contributed by atoms with Crippen molar-refractivity contribution in [1.29, 1.82) is 0 Å². The third-order valence-corrected chi connectivity index (χ3v) is 4.54. The number of ether oxygens (including phenoxy) is 1. The predicted octanol–water partition coefficient (Wildman–Crippen LogP) is 0.989. The van der Waals surface area contributed by atoms with Gasteiger partial charge in [-0.1, -0.05) is 12.8 Å². The molecule has 1 saturated heterocycles. The fourth-order valence-corrected chi connectivity index (χ4v) is 3.24. The normalized spacial score (nSPS) is 35.7. The third-order valence-electron chi connectivity index (χ3n) is 4.54. The van der Waals surface area contributed by atoms with Crippen molar-refractivity contribution in [2.24, 2.45) is 0 Å². The molecule has 1 aliphatic heterocycles. The third kappa shape index (κ3) is 3.67. The van der Waals surface area contributed by atoms with Crippen LogP contribution in [0.1, 0.15) is 39.0 Å². The predicted molar refractivity (Wildman–Crippen MR) is 72.7 cm³/mol. The van der Waals surface area contributed by atoms with E-state index in [1.807, 2.05) is 0 Å². The van der Waals surface area contributed by atoms with E-state index in [0.717, 1.165) is 39.0 Å². The fraction of sp³-hybridized carbons (Fsp3) is 1.00. The van der Waals surface area contributed by atoms with Gasteiger partial charge in [0, 0.05) is 24.7 Å². The molecule has 1 aliphatic carbocycles. The second-order valence-electron chi connectivity index (χ2n) is 5.90. The molecule has 0 aromatic rings. The molecule has 106 valence electrons. The van der Waals surface area contributed by atoms with E-state index in [-0.39, 0.29) is 6.10 Å². The van der Waals surface area contributed by atoms with E-state index in [1.165, 1.54) is 12.8 Å². The van der Waals surface area contributed by atoms with E-state index in [9.17, 15) is 5.11 Å². The number of nitrogens with one attached hydrogen (secondary N) is 1. The Morgan fingerprint density at radius 3 is 2.83 bits per heavy atom. The monoisotopic (exact) mass is 256 g/mol. The Labute approximate surface area is 111 Å². The van der Waals surface area contributed by atoms with Crippen molar-refractivity contribution in [1.82, 2.24) is 10.2 Å². The van der Waals surface area contributed by atoms with E-state index in [0.29, 0.717) is 18.1 Å². The Balaban J connectivity index is 1.81. The number of morpholine rings is 1. The molecule has 0 aromatic carbocycles. The minimum atomic E-state index is -0.137. The summed E-state index contributed by atoms with van der Waals surface area (Å²) in [5.74, 6) is 0. The zero-order valence-electron chi connectivity index (χ0n) is 11.8. The summed E-state index contributed by atoms with van der Waals surface area (Å²) in [4.78, 5) is 2.38. The lowest BCUT2D eigenvalue weighted by molar-refractivity contribution is 0.00566. The van der Waals surface area contributed by atoms with Crippen molar-refractivity contribution in [3.8, 4) is 0 Å². The van der Waals surface area contributed by atoms with E-state index in [1.54, 1.807) is 0 Å². The van der Waals surface area contributed by atoms with Gasteiger partial charge in [0.2, 0.25) is 0 Å². The second-order valence-corrected chi connectivity index (χ2v) is 5.90. The van der Waals surface area contributed by atoms with E-state index in [4.69, 9.17) is 4.74 Å². The van der Waals surface area contributed by atoms with Gasteiger partial charge in [-0.25, -0.2) is 0 Å². The standard InChI is InChI=1S/C14H28N2O2/c1-11(9-12-10-18-8-7-15-12)16(2)13-5-3-4-6-14(13)17/h11-15,17H,3-10H2,1-2H3. The fourth-order valence-electron chi connectivity index (χ4n) is 3.24. The molecule has 2 fully saturated rings. The highest BCUT2D eigenvalue weighted by Gasteiger charge is 2.30. The first-order valence-electron chi connectivity index (χ1n) is 7.39. The molecule has 0 bridgehead atoms. The summed E-state index contributed by atoms with van der Waals surface area (Å²) >= 11 is 0. The lowest BCUT2D eigenvalue weighted by Gasteiger charge is -2.40. The van der Waals surface area contributed by atoms with Gasteiger partial charge < -0.3 is 15.2 Å². The number of hydrogen-bond donors (Lipinski definition) is 2. The highest BCUT2D eigenvalue weighted by atomic mass is 16.5. The Morgan fingerprint density at radius 2 is 2.17 bits per heavy atom. The van der Waals surface area contributed by atoms with Gasteiger partial charge in [0.05, 0.1) is 19.3 Å². The first-order valence-corrected chi connectivity index (χ1v) is 7.39. The average molecular weight is 256 g/mol. The van der Waals surface area contributed by atoms with Crippen molar-refractivity contribution < 1.29 is 9.84 Å². The zero-order chi connectivity index (χ0) is 13.0. The SMILES string of the molecule is CC(CC1COCCN1)N(C)C1CCCCC1O. The number of aliphatic hydroxyl groups is 1. The largest absolute Gasteiger partial charge is 0.391 e. The van der Waals surface area contributed by atoms with Crippen LogP contribution in [0.3, 0.4) is 0 Å². The van der Waals surface area contributed by atoms with E-state index >= 15 is 0 Å². The summed E-state index contributed by atoms with van der Waals surface area (Å²) in [5.41, 5.74) is 0. The lowest BCUT2D eigenvalue weighted by Crippen LogP contribution is -2.50. The molecular formula is C14H28N2O2. The maximum atomic E-state index is 10.1. The van der Waals surface area contributed by atoms with Gasteiger partial charge in [0.15, 0.2) is 0 Å². The molecule has 4 atom stereocenters. The van der Waals surface area contributed by atoms with Crippen molar-refractivity contribution in [2.75, 3.05) is 26.8 Å². The lowest BCUT2D eigenvalue weighted by atomic mass is 9.90. The van der Waals surface area contributed by atoms with Crippen LogP contribution in [-0.2, 0) is 4.74 Å². The molecular weight excluding hydrogens is 228 g/mol. The van der Waals surface area contributed by atoms with Gasteiger partial charge in [-0.15, -0.1) is 0 Å². The van der Waals surface area contributed by atoms with Gasteiger partial charge in [-0.05, 0) is 33.2 Å². The molecule has 0 spiro atoms. The molecule has 1 heterocycles. The van der Waals surface area contributed by atoms with Crippen LogP contribution in [0.4, 0.5) is 0 Å². The van der Waals surface area contributed by atoms with Crippen molar-refractivity contribution in [3.05, 3.63) is 0 Å². The molecule has 18 heavy (non-hydrogen) atoms. The van der Waals surface area contributed by atoms with Crippen LogP contribution in [0.5, 0.6) is 0 Å². The van der Waals surface area contributed by atoms with Gasteiger partial charge in [0.25, 0.3) is 0 Å². The molecule has 1 saturated carbocycles. The molecule has 0 aromatic heterocycles. The first kappa shape index (κ1) is 14.3. The van der Waals surface area contributed by atoms with Gasteiger partial charge in [-0.2, -0.15) is 0 Å². The number of aliphatic hydroxyl groups excluding tert-OH is 1. The molecule has 0 radical (unpaired) electrons. The minimum Gasteiger partial charge on any atom is -0.391 e. The summed E-state index contributed by atoms with van der Waals surface area (Å²) in [6, 6.07) is 1.30. The average Bonchev–Trinajstić information content (AvgIpc) is 2.39. The van der Waals surface area contributed by atoms with Crippen LogP contribution < -0.4 is 5.32 Å². The van der Waals surface area contributed by atoms with Crippen molar-refractivity contribution in [3.63, 3.8) is 0 Å². The van der Waals surface area contributed by atoms with Crippen LogP contribution in [0.2, 0.25) is 0 Å². The highest BCUT2D eigenvalue weighted by molar-refractivity contribution is 4.86. The summed E-state index contributed by atoms with van der Waals surface area (Å²) in [6.07, 6.45) is 5.49. The topological polar surface area (TPSA) is 44.7 Å². The molecule has 4 unspecified atom stereocenters. The summed E-state index contributed by atoms with van der Waals surface area (Å²) in [6.45, 7) is 4.89. The quantitative estimate of drug-likeness (QED) is 0.787. The van der Waals surface area contributed by atoms with Crippen LogP contribution in [-0.4, -0.2) is 61.0 Å². The summed E-state index contributed by atoms with van der Waals surface area (Å²) < 4.78 is 5.50. The smallest absolute Gasteiger partial charge is 0.0695 e. The second kappa shape index (κ2) is 6.85. The molecule has 2 rings (SSSR count). The Bertz CT molecular complexity index is 244. The van der Waals surface area contributed by atoms with Gasteiger partial charge in [0.1, 0.15) is 0 Å². The van der Waals surface area contributed by atoms with Crippen molar-refractivity contribution >= 4 is 0 Å². The Hall–Kier alpha value is -0.160. The molecule has 0 amide bonds. The van der Waals surface area contributed by atoms with Crippen LogP contribution >= 0.6 is 0 Å². The molecule has 4 nitrogen and oxygen atoms in total. The summed E-state index contributed by atoms with van der Waals surface area (Å²) in [7, 11) is 2.16. The number of rotatable bonds is 4. The number of hydrogen-bond acceptors (Lipinski definition) is 4. The molecule has 4 heteroatoms. The maximum absolute atomic E-state index is 10.1. The Morgan fingerprint density at radius 1 is 1.39 bits per heavy atom. The van der Waals surface area contributed by atoms with Gasteiger partial charge >= 0.3 is 0 Å². The van der Waals surface area contributed by atoms with Gasteiger partial charge in [-0.3, -0.25) is 4.90 Å². The van der Waals surface area contributed by atoms with Crippen molar-refractivity contribution in [2.45, 2.75) is 63.3 Å². The Kier molecular flexibility index (Phi) is 5.42. The summed E-state index contributed by atoms with van der Waals surface area (Å²) in [5, 5.41) is 13.6. The number of nitrogens with zero attached hydrogens (tertiary/aromatic N) is 1. The van der Waals surface area contributed by atoms with Crippen LogP contribution in [0.25, 0.3) is 0 Å². The van der Waals surface area contributed by atoms with Crippen LogP contribution in [0.15, 0.2) is 0 Å². The highest BCUT2D eigenvalue weighted by Crippen LogP contribution is 2.24.